The quantitative estimate of drug-likeness (QED) is 0.0332. The van der Waals surface area contributed by atoms with Gasteiger partial charge in [-0.05, 0) is 114 Å². The average molecular weight is 926 g/mol. The normalized spacial score (nSPS) is 21.9. The van der Waals surface area contributed by atoms with Crippen molar-refractivity contribution < 1.29 is 48.1 Å². The number of hydrogen-bond donors (Lipinski definition) is 2. The standard InChI is InChI=1S/C54H56FN3O10/c1-3-31-65-54-50(57(35-36-15-19-40(55)20-16-36)53(61)67-43-25-21-41(22-26-43)58(62)63)34-48(56-64-2)46-32-39(13-7-9-29-59)45(14-8-10-30-60)51(52(46)54)47-33-44(27-28-49(47)68-54)66-42-23-17-38(18-24-42)37-11-5-4-6-12-37/h3-6,11-12,15-28,32-33,39,45,50-52,59-60H,1,7-10,13-14,29-31,34-35H2,2H3. The van der Waals surface area contributed by atoms with Crippen molar-refractivity contribution in [2.75, 3.05) is 26.9 Å². The molecule has 13 nitrogen and oxygen atoms in total. The predicted octanol–water partition coefficient (Wildman–Crippen LogP) is 11.2. The largest absolute Gasteiger partial charge is 0.459 e. The molecule has 5 aromatic rings. The molecule has 1 amide bonds. The Morgan fingerprint density at radius 1 is 0.897 bits per heavy atom. The number of halogens is 1. The molecule has 3 aliphatic rings. The highest BCUT2D eigenvalue weighted by Gasteiger charge is 2.65. The number of ether oxygens (including phenoxy) is 4. The summed E-state index contributed by atoms with van der Waals surface area (Å²) in [6.07, 6.45) is 7.32. The number of rotatable bonds is 20. The second-order valence-electron chi connectivity index (χ2n) is 17.3. The van der Waals surface area contributed by atoms with Crippen LogP contribution in [-0.2, 0) is 16.1 Å². The number of nitro benzene ring substituents is 1. The number of carbonyl (C=O) groups is 1. The zero-order valence-electron chi connectivity index (χ0n) is 38.0. The Hall–Kier alpha value is -6.87. The molecule has 2 N–H and O–H groups in total. The molecule has 0 bridgehead atoms. The number of non-ortho nitro benzene ring substituents is 1. The summed E-state index contributed by atoms with van der Waals surface area (Å²) >= 11 is 0. The van der Waals surface area contributed by atoms with Crippen LogP contribution in [0, 0.1) is 33.7 Å². The zero-order chi connectivity index (χ0) is 47.6. The molecule has 8 rings (SSSR count). The number of oxime groups is 1. The van der Waals surface area contributed by atoms with Gasteiger partial charge in [0.25, 0.3) is 5.69 Å². The van der Waals surface area contributed by atoms with Gasteiger partial charge >= 0.3 is 6.09 Å². The van der Waals surface area contributed by atoms with Gasteiger partial charge in [0, 0.05) is 49.8 Å². The van der Waals surface area contributed by atoms with Crippen LogP contribution in [-0.4, -0.2) is 70.6 Å². The first-order chi connectivity index (χ1) is 33.2. The van der Waals surface area contributed by atoms with Crippen LogP contribution in [0.5, 0.6) is 23.0 Å². The molecule has 0 spiro atoms. The predicted molar refractivity (Wildman–Crippen MR) is 255 cm³/mol. The fraction of sp³-hybridized carbons (Fsp3) is 0.333. The number of aliphatic hydroxyl groups is 2. The second-order valence-corrected chi connectivity index (χ2v) is 17.3. The van der Waals surface area contributed by atoms with Gasteiger partial charge in [-0.1, -0.05) is 84.7 Å². The topological polar surface area (TPSA) is 162 Å². The molecule has 0 radical (unpaired) electrons. The number of nitrogens with zero attached hydrogens (tertiary/aromatic N) is 3. The van der Waals surface area contributed by atoms with Crippen molar-refractivity contribution in [1.82, 2.24) is 4.90 Å². The van der Waals surface area contributed by atoms with Crippen molar-refractivity contribution >= 4 is 17.5 Å². The van der Waals surface area contributed by atoms with Crippen LogP contribution >= 0.6 is 0 Å². The average Bonchev–Trinajstić information content (AvgIpc) is 3.35. The van der Waals surface area contributed by atoms with E-state index in [1.165, 1.54) is 48.4 Å². The van der Waals surface area contributed by atoms with E-state index in [-0.39, 0.29) is 62.0 Å². The Morgan fingerprint density at radius 2 is 1.57 bits per heavy atom. The van der Waals surface area contributed by atoms with Gasteiger partial charge in [0.2, 0.25) is 5.79 Å². The van der Waals surface area contributed by atoms with Gasteiger partial charge in [-0.3, -0.25) is 15.0 Å². The van der Waals surface area contributed by atoms with E-state index in [4.69, 9.17) is 23.8 Å². The molecule has 1 aliphatic heterocycles. The van der Waals surface area contributed by atoms with Gasteiger partial charge in [-0.15, -0.1) is 6.58 Å². The van der Waals surface area contributed by atoms with Crippen molar-refractivity contribution in [3.63, 3.8) is 0 Å². The highest BCUT2D eigenvalue weighted by Crippen LogP contribution is 2.62. The highest BCUT2D eigenvalue weighted by molar-refractivity contribution is 6.03. The molecule has 0 aromatic heterocycles. The first-order valence-electron chi connectivity index (χ1n) is 23.1. The van der Waals surface area contributed by atoms with Crippen molar-refractivity contribution in [3.8, 4) is 34.1 Å². The van der Waals surface area contributed by atoms with E-state index in [1.807, 2.05) is 60.7 Å². The van der Waals surface area contributed by atoms with Gasteiger partial charge in [0.1, 0.15) is 42.0 Å². The minimum absolute atomic E-state index is 0.00400. The van der Waals surface area contributed by atoms with Crippen LogP contribution in [0.3, 0.4) is 0 Å². The number of amides is 1. The van der Waals surface area contributed by atoms with E-state index in [2.05, 4.69) is 29.9 Å². The molecular formula is C54H56FN3O10. The summed E-state index contributed by atoms with van der Waals surface area (Å²) in [7, 11) is 1.47. The summed E-state index contributed by atoms with van der Waals surface area (Å²) in [5.74, 6) is -1.28. The summed E-state index contributed by atoms with van der Waals surface area (Å²) in [6.45, 7) is 4.04. The number of allylic oxidation sites excluding steroid dienone is 1. The Kier molecular flexibility index (Phi) is 15.3. The fourth-order valence-electron chi connectivity index (χ4n) is 10.2. The molecule has 1 fully saturated rings. The molecule has 1 heterocycles. The molecule has 354 valence electrons. The van der Waals surface area contributed by atoms with E-state index in [1.54, 1.807) is 18.2 Å². The SMILES string of the molecule is C=CCOC12Oc3ccc(Oc4ccc(-c5ccccc5)cc4)cc3C3C(CCCCO)C(CCCCO)C=C(C(=NOC)CC1N(Cc1ccc(F)cc1)C(=O)Oc1ccc([N+](=O)[O-])cc1)C32. The highest BCUT2D eigenvalue weighted by atomic mass is 19.1. The zero-order valence-corrected chi connectivity index (χ0v) is 38.0. The molecule has 1 saturated carbocycles. The summed E-state index contributed by atoms with van der Waals surface area (Å²) in [5.41, 5.74) is 4.82. The lowest BCUT2D eigenvalue weighted by molar-refractivity contribution is -0.384. The molecule has 5 aromatic carbocycles. The van der Waals surface area contributed by atoms with Gasteiger partial charge in [0.15, 0.2) is 0 Å². The van der Waals surface area contributed by atoms with Crippen molar-refractivity contribution in [2.24, 2.45) is 22.9 Å². The van der Waals surface area contributed by atoms with Crippen LogP contribution in [0.25, 0.3) is 11.1 Å². The first kappa shape index (κ1) is 47.6. The molecule has 14 heteroatoms. The lowest BCUT2D eigenvalue weighted by Crippen LogP contribution is -2.70. The van der Waals surface area contributed by atoms with E-state index < -0.39 is 34.6 Å². The van der Waals surface area contributed by atoms with E-state index in [0.717, 1.165) is 47.9 Å². The number of hydrogen-bond acceptors (Lipinski definition) is 11. The minimum atomic E-state index is -1.63. The number of aliphatic hydroxyl groups excluding tert-OH is 2. The van der Waals surface area contributed by atoms with Crippen LogP contribution in [0.1, 0.15) is 62.0 Å². The maximum Gasteiger partial charge on any atom is 0.416 e. The summed E-state index contributed by atoms with van der Waals surface area (Å²) in [4.78, 5) is 33.0. The number of fused-ring (bicyclic) bond motifs is 2. The third-order valence-corrected chi connectivity index (χ3v) is 13.2. The lowest BCUT2D eigenvalue weighted by atomic mass is 9.55. The molecule has 2 aliphatic carbocycles. The van der Waals surface area contributed by atoms with Crippen LogP contribution in [0.4, 0.5) is 14.9 Å². The molecule has 6 unspecified atom stereocenters. The van der Waals surface area contributed by atoms with Gasteiger partial charge in [0.05, 0.1) is 23.2 Å². The monoisotopic (exact) mass is 925 g/mol. The van der Waals surface area contributed by atoms with Crippen LogP contribution in [0.15, 0.2) is 151 Å². The second kappa shape index (κ2) is 21.8. The van der Waals surface area contributed by atoms with Crippen LogP contribution in [0.2, 0.25) is 0 Å². The maximum atomic E-state index is 14.9. The third-order valence-electron chi connectivity index (χ3n) is 13.2. The molecule has 68 heavy (non-hydrogen) atoms. The van der Waals surface area contributed by atoms with Crippen LogP contribution < -0.4 is 14.2 Å². The van der Waals surface area contributed by atoms with Gasteiger partial charge < -0.3 is 34.0 Å². The van der Waals surface area contributed by atoms with Crippen molar-refractivity contribution in [1.29, 1.82) is 0 Å². The Bertz CT molecular complexity index is 2590. The molecule has 6 atom stereocenters. The smallest absolute Gasteiger partial charge is 0.416 e. The fourth-order valence-corrected chi connectivity index (χ4v) is 10.2. The number of nitro groups is 1. The van der Waals surface area contributed by atoms with Crippen molar-refractivity contribution in [3.05, 3.63) is 173 Å². The summed E-state index contributed by atoms with van der Waals surface area (Å²) in [5, 5.41) is 36.1. The van der Waals surface area contributed by atoms with E-state index in [0.29, 0.717) is 41.4 Å². The summed E-state index contributed by atoms with van der Waals surface area (Å²) < 4.78 is 41.4. The summed E-state index contributed by atoms with van der Waals surface area (Å²) in [6, 6.07) is 33.8. The molecular weight excluding hydrogens is 870 g/mol. The minimum Gasteiger partial charge on any atom is -0.459 e. The Balaban J connectivity index is 1.29. The van der Waals surface area contributed by atoms with E-state index >= 15 is 0 Å². The first-order valence-corrected chi connectivity index (χ1v) is 23.1. The van der Waals surface area contributed by atoms with Gasteiger partial charge in [-0.25, -0.2) is 9.18 Å². The number of unbranched alkanes of at least 4 members (excludes halogenated alkanes) is 2. The maximum absolute atomic E-state index is 14.9. The van der Waals surface area contributed by atoms with E-state index in [9.17, 15) is 29.5 Å². The lowest BCUT2D eigenvalue weighted by Gasteiger charge is -2.59. The van der Waals surface area contributed by atoms with Crippen molar-refractivity contribution in [2.45, 2.75) is 69.2 Å². The van der Waals surface area contributed by atoms with Gasteiger partial charge in [-0.2, -0.15) is 0 Å². The Labute approximate surface area is 395 Å². The number of benzene rings is 5. The molecule has 0 saturated heterocycles. The number of carbonyl (C=O) groups excluding carboxylic acids is 1. The third kappa shape index (κ3) is 10.3. The Morgan fingerprint density at radius 3 is 2.25 bits per heavy atom.